The van der Waals surface area contributed by atoms with Gasteiger partial charge >= 0.3 is 0 Å². The quantitative estimate of drug-likeness (QED) is 0.637. The lowest BCUT2D eigenvalue weighted by Crippen LogP contribution is -2.31. The zero-order valence-corrected chi connectivity index (χ0v) is 11.9. The Kier molecular flexibility index (Phi) is 4.35. The Morgan fingerprint density at radius 2 is 2.00 bits per heavy atom. The zero-order chi connectivity index (χ0) is 13.8. The first kappa shape index (κ1) is 13.8. The van der Waals surface area contributed by atoms with Crippen molar-refractivity contribution in [1.29, 1.82) is 0 Å². The molecule has 2 aromatic rings. The van der Waals surface area contributed by atoms with E-state index in [1.807, 2.05) is 11.7 Å². The van der Waals surface area contributed by atoms with Gasteiger partial charge in [0.05, 0.1) is 17.4 Å². The number of nitrogens with zero attached hydrogens (tertiary/aromatic N) is 2. The van der Waals surface area contributed by atoms with Gasteiger partial charge < -0.3 is 0 Å². The molecular formula is C15H22N4. The van der Waals surface area contributed by atoms with E-state index in [2.05, 4.69) is 54.7 Å². The number of benzene rings is 1. The highest BCUT2D eigenvalue weighted by Crippen LogP contribution is 2.19. The Balaban J connectivity index is 2.19. The van der Waals surface area contributed by atoms with Crippen LogP contribution in [0.25, 0.3) is 0 Å². The Morgan fingerprint density at radius 1 is 1.32 bits per heavy atom. The Morgan fingerprint density at radius 3 is 2.53 bits per heavy atom. The highest BCUT2D eigenvalue weighted by atomic mass is 15.3. The molecule has 2 rings (SSSR count). The minimum Gasteiger partial charge on any atom is -0.271 e. The second-order valence-electron chi connectivity index (χ2n) is 4.95. The van der Waals surface area contributed by atoms with Crippen LogP contribution in [-0.2, 0) is 19.9 Å². The number of nitrogens with two attached hydrogens (primary N) is 1. The maximum absolute atomic E-state index is 5.71. The molecule has 3 N–H and O–H groups in total. The lowest BCUT2D eigenvalue weighted by atomic mass is 10.0. The average molecular weight is 258 g/mol. The second-order valence-corrected chi connectivity index (χ2v) is 4.95. The molecular weight excluding hydrogens is 236 g/mol. The molecule has 1 heterocycles. The Bertz CT molecular complexity index is 528. The van der Waals surface area contributed by atoms with Crippen molar-refractivity contribution in [3.63, 3.8) is 0 Å². The van der Waals surface area contributed by atoms with Crippen molar-refractivity contribution in [2.75, 3.05) is 0 Å². The number of aryl methyl sites for hydroxylation is 3. The van der Waals surface area contributed by atoms with E-state index in [4.69, 9.17) is 5.84 Å². The van der Waals surface area contributed by atoms with E-state index < -0.39 is 0 Å². The monoisotopic (exact) mass is 258 g/mol. The summed E-state index contributed by atoms with van der Waals surface area (Å²) < 4.78 is 1.91. The molecule has 0 aliphatic heterocycles. The molecule has 0 fully saturated rings. The smallest absolute Gasteiger partial charge is 0.0669 e. The van der Waals surface area contributed by atoms with Gasteiger partial charge in [0, 0.05) is 7.05 Å². The summed E-state index contributed by atoms with van der Waals surface area (Å²) in [5.41, 5.74) is 7.67. The first-order chi connectivity index (χ1) is 9.13. The van der Waals surface area contributed by atoms with E-state index in [1.165, 1.54) is 11.1 Å². The lowest BCUT2D eigenvalue weighted by Gasteiger charge is -2.16. The minimum atomic E-state index is 0.0838. The number of hydrazine groups is 1. The first-order valence-corrected chi connectivity index (χ1v) is 6.68. The standard InChI is InChI=1S/C15H22N4/c1-4-13-10-15(19(3)18-13)14(17-16)9-12-7-5-11(2)6-8-12/h5-8,10,14,17H,4,9,16H2,1-3H3. The van der Waals surface area contributed by atoms with Crippen molar-refractivity contribution in [1.82, 2.24) is 15.2 Å². The molecule has 4 heteroatoms. The van der Waals surface area contributed by atoms with Gasteiger partial charge in [-0.25, -0.2) is 0 Å². The van der Waals surface area contributed by atoms with E-state index in [9.17, 15) is 0 Å². The third kappa shape index (κ3) is 3.22. The number of hydrogen-bond acceptors (Lipinski definition) is 3. The molecule has 102 valence electrons. The van der Waals surface area contributed by atoms with Crippen molar-refractivity contribution < 1.29 is 0 Å². The summed E-state index contributed by atoms with van der Waals surface area (Å²) in [4.78, 5) is 0. The predicted octanol–water partition coefficient (Wildman–Crippen LogP) is 2.04. The van der Waals surface area contributed by atoms with E-state index in [-0.39, 0.29) is 6.04 Å². The molecule has 0 spiro atoms. The van der Waals surface area contributed by atoms with Crippen molar-refractivity contribution >= 4 is 0 Å². The van der Waals surface area contributed by atoms with Crippen LogP contribution in [0.15, 0.2) is 30.3 Å². The number of aromatic nitrogens is 2. The van der Waals surface area contributed by atoms with Crippen LogP contribution in [0.4, 0.5) is 0 Å². The molecule has 19 heavy (non-hydrogen) atoms. The molecule has 0 aliphatic rings. The molecule has 0 saturated heterocycles. The summed E-state index contributed by atoms with van der Waals surface area (Å²) in [6.45, 7) is 4.20. The van der Waals surface area contributed by atoms with Gasteiger partial charge in [-0.2, -0.15) is 5.10 Å². The van der Waals surface area contributed by atoms with Crippen LogP contribution in [-0.4, -0.2) is 9.78 Å². The van der Waals surface area contributed by atoms with Crippen LogP contribution >= 0.6 is 0 Å². The number of hydrogen-bond donors (Lipinski definition) is 2. The summed E-state index contributed by atoms with van der Waals surface area (Å²) in [6.07, 6.45) is 1.80. The Labute approximate surface area is 114 Å². The topological polar surface area (TPSA) is 55.9 Å². The average Bonchev–Trinajstić information content (AvgIpc) is 2.79. The molecule has 1 atom stereocenters. The maximum Gasteiger partial charge on any atom is 0.0669 e. The normalized spacial score (nSPS) is 12.6. The highest BCUT2D eigenvalue weighted by Gasteiger charge is 2.15. The largest absolute Gasteiger partial charge is 0.271 e. The van der Waals surface area contributed by atoms with Crippen LogP contribution < -0.4 is 11.3 Å². The fourth-order valence-corrected chi connectivity index (χ4v) is 2.25. The van der Waals surface area contributed by atoms with Gasteiger partial charge in [0.1, 0.15) is 0 Å². The molecule has 0 saturated carbocycles. The molecule has 1 aromatic carbocycles. The summed E-state index contributed by atoms with van der Waals surface area (Å²) in [5.74, 6) is 5.71. The third-order valence-corrected chi connectivity index (χ3v) is 3.45. The summed E-state index contributed by atoms with van der Waals surface area (Å²) in [5, 5.41) is 4.47. The van der Waals surface area contributed by atoms with Gasteiger partial charge in [-0.1, -0.05) is 36.8 Å². The number of rotatable bonds is 5. The fourth-order valence-electron chi connectivity index (χ4n) is 2.25. The Hall–Kier alpha value is -1.65. The SMILES string of the molecule is CCc1cc(C(Cc2ccc(C)cc2)NN)n(C)n1. The van der Waals surface area contributed by atoms with Crippen molar-refractivity contribution in [3.8, 4) is 0 Å². The predicted molar refractivity (Wildman–Crippen MR) is 77.5 cm³/mol. The molecule has 0 bridgehead atoms. The van der Waals surface area contributed by atoms with Crippen LogP contribution in [0, 0.1) is 6.92 Å². The molecule has 0 amide bonds. The highest BCUT2D eigenvalue weighted by molar-refractivity contribution is 5.24. The molecule has 1 unspecified atom stereocenters. The molecule has 0 radical (unpaired) electrons. The number of nitrogens with one attached hydrogen (secondary N) is 1. The van der Waals surface area contributed by atoms with Crippen LogP contribution in [0.3, 0.4) is 0 Å². The molecule has 0 aliphatic carbocycles. The van der Waals surface area contributed by atoms with Crippen molar-refractivity contribution in [3.05, 3.63) is 52.8 Å². The summed E-state index contributed by atoms with van der Waals surface area (Å²) >= 11 is 0. The third-order valence-electron chi connectivity index (χ3n) is 3.45. The summed E-state index contributed by atoms with van der Waals surface area (Å²) in [6, 6.07) is 10.8. The van der Waals surface area contributed by atoms with Gasteiger partial charge in [-0.15, -0.1) is 0 Å². The van der Waals surface area contributed by atoms with Gasteiger partial charge in [-0.05, 0) is 31.4 Å². The van der Waals surface area contributed by atoms with Gasteiger partial charge in [0.25, 0.3) is 0 Å². The van der Waals surface area contributed by atoms with Gasteiger partial charge in [0.15, 0.2) is 0 Å². The van der Waals surface area contributed by atoms with E-state index in [0.717, 1.165) is 24.2 Å². The van der Waals surface area contributed by atoms with Gasteiger partial charge in [-0.3, -0.25) is 16.0 Å². The van der Waals surface area contributed by atoms with E-state index in [0.29, 0.717) is 0 Å². The second kappa shape index (κ2) is 5.99. The van der Waals surface area contributed by atoms with Crippen LogP contribution in [0.1, 0.15) is 35.5 Å². The van der Waals surface area contributed by atoms with E-state index in [1.54, 1.807) is 0 Å². The molecule has 4 nitrogen and oxygen atoms in total. The van der Waals surface area contributed by atoms with Crippen molar-refractivity contribution in [2.45, 2.75) is 32.7 Å². The maximum atomic E-state index is 5.71. The first-order valence-electron chi connectivity index (χ1n) is 6.68. The van der Waals surface area contributed by atoms with Crippen LogP contribution in [0.5, 0.6) is 0 Å². The summed E-state index contributed by atoms with van der Waals surface area (Å²) in [7, 11) is 1.97. The lowest BCUT2D eigenvalue weighted by molar-refractivity contribution is 0.508. The van der Waals surface area contributed by atoms with E-state index >= 15 is 0 Å². The van der Waals surface area contributed by atoms with Crippen molar-refractivity contribution in [2.24, 2.45) is 12.9 Å². The fraction of sp³-hybridized carbons (Fsp3) is 0.400. The van der Waals surface area contributed by atoms with Crippen LogP contribution in [0.2, 0.25) is 0 Å². The minimum absolute atomic E-state index is 0.0838. The molecule has 1 aromatic heterocycles. The zero-order valence-electron chi connectivity index (χ0n) is 11.9. The van der Waals surface area contributed by atoms with Gasteiger partial charge in [0.2, 0.25) is 0 Å².